The zero-order chi connectivity index (χ0) is 13.3. The molecule has 1 saturated heterocycles. The molecule has 1 aliphatic heterocycles. The molecule has 18 heavy (non-hydrogen) atoms. The van der Waals surface area contributed by atoms with Crippen LogP contribution in [0.15, 0.2) is 0 Å². The third kappa shape index (κ3) is 3.22. The number of ether oxygens (including phenoxy) is 1. The fraction of sp³-hybridized carbons (Fsp3) is 0.833. The number of rotatable bonds is 3. The van der Waals surface area contributed by atoms with E-state index >= 15 is 0 Å². The van der Waals surface area contributed by atoms with Gasteiger partial charge in [-0.3, -0.25) is 0 Å². The second-order valence-electron chi connectivity index (χ2n) is 5.62. The Labute approximate surface area is 121 Å². The summed E-state index contributed by atoms with van der Waals surface area (Å²) in [6.45, 7) is 10.2. The maximum absolute atomic E-state index is 6.00. The van der Waals surface area contributed by atoms with Crippen molar-refractivity contribution < 1.29 is 4.74 Å². The molecule has 0 N–H and O–H groups in total. The van der Waals surface area contributed by atoms with Gasteiger partial charge in [-0.25, -0.2) is 4.98 Å². The molecule has 0 saturated carbocycles. The van der Waals surface area contributed by atoms with Crippen molar-refractivity contribution in [1.29, 1.82) is 0 Å². The Morgan fingerprint density at radius 1 is 1.56 bits per heavy atom. The monoisotopic (exact) mass is 333 g/mol. The van der Waals surface area contributed by atoms with Crippen molar-refractivity contribution in [1.82, 2.24) is 9.36 Å². The van der Waals surface area contributed by atoms with Gasteiger partial charge in [-0.1, -0.05) is 29.8 Å². The lowest BCUT2D eigenvalue weighted by molar-refractivity contribution is -0.0724. The Morgan fingerprint density at radius 2 is 2.28 bits per heavy atom. The molecular weight excluding hydrogens is 314 g/mol. The van der Waals surface area contributed by atoms with Crippen molar-refractivity contribution in [2.45, 2.75) is 45.3 Å². The molecule has 0 aromatic carbocycles. The lowest BCUT2D eigenvalue weighted by Crippen LogP contribution is -2.53. The third-order valence-corrected chi connectivity index (χ3v) is 4.38. The molecule has 0 aliphatic carbocycles. The molecule has 0 bridgehead atoms. The van der Waals surface area contributed by atoms with E-state index in [1.807, 2.05) is 0 Å². The van der Waals surface area contributed by atoms with Crippen molar-refractivity contribution in [2.24, 2.45) is 0 Å². The van der Waals surface area contributed by atoms with Gasteiger partial charge in [0.25, 0.3) is 0 Å². The van der Waals surface area contributed by atoms with Crippen LogP contribution in [0.4, 0.5) is 5.13 Å². The van der Waals surface area contributed by atoms with Crippen LogP contribution in [0.5, 0.6) is 0 Å². The highest BCUT2D eigenvalue weighted by Crippen LogP contribution is 2.28. The molecule has 102 valence electrons. The fourth-order valence-corrected chi connectivity index (χ4v) is 3.26. The number of anilines is 1. The van der Waals surface area contributed by atoms with E-state index in [2.05, 4.69) is 57.9 Å². The molecule has 1 aromatic rings. The summed E-state index contributed by atoms with van der Waals surface area (Å²) in [5.74, 6) is 1.32. The topological polar surface area (TPSA) is 38.2 Å². The molecule has 2 heterocycles. The largest absolute Gasteiger partial charge is 0.368 e. The standard InChI is InChI=1S/C12H20BrN3OS/c1-8(2)10-14-11(18-15-10)16-6-9(5-13)17-12(3,4)7-16/h8-9H,5-7H2,1-4H3. The molecule has 1 atom stereocenters. The predicted molar refractivity (Wildman–Crippen MR) is 79.0 cm³/mol. The van der Waals surface area contributed by atoms with Crippen molar-refractivity contribution >= 4 is 32.6 Å². The molecule has 1 aromatic heterocycles. The van der Waals surface area contributed by atoms with Gasteiger partial charge in [0, 0.05) is 35.9 Å². The summed E-state index contributed by atoms with van der Waals surface area (Å²) in [4.78, 5) is 6.92. The number of morpholine rings is 1. The zero-order valence-electron chi connectivity index (χ0n) is 11.3. The van der Waals surface area contributed by atoms with Gasteiger partial charge < -0.3 is 9.64 Å². The Kier molecular flexibility index (Phi) is 4.29. The van der Waals surface area contributed by atoms with Crippen LogP contribution in [0.25, 0.3) is 0 Å². The van der Waals surface area contributed by atoms with Gasteiger partial charge in [0.05, 0.1) is 11.7 Å². The first kappa shape index (κ1) is 14.2. The van der Waals surface area contributed by atoms with E-state index in [1.54, 1.807) is 0 Å². The lowest BCUT2D eigenvalue weighted by Gasteiger charge is -2.42. The molecule has 2 rings (SSSR count). The third-order valence-electron chi connectivity index (χ3n) is 2.87. The van der Waals surface area contributed by atoms with Crippen LogP contribution in [0.3, 0.4) is 0 Å². The number of halogens is 1. The zero-order valence-corrected chi connectivity index (χ0v) is 13.7. The van der Waals surface area contributed by atoms with E-state index in [-0.39, 0.29) is 11.7 Å². The van der Waals surface area contributed by atoms with Gasteiger partial charge in [0.15, 0.2) is 0 Å². The number of alkyl halides is 1. The van der Waals surface area contributed by atoms with Gasteiger partial charge in [-0.05, 0) is 13.8 Å². The predicted octanol–water partition coefficient (Wildman–Crippen LogP) is 3.04. The average molecular weight is 334 g/mol. The maximum Gasteiger partial charge on any atom is 0.205 e. The summed E-state index contributed by atoms with van der Waals surface area (Å²) in [7, 11) is 0. The molecule has 1 fully saturated rings. The normalized spacial score (nSPS) is 23.7. The highest BCUT2D eigenvalue weighted by Gasteiger charge is 2.34. The van der Waals surface area contributed by atoms with Gasteiger partial charge in [0.1, 0.15) is 5.82 Å². The molecule has 0 amide bonds. The Balaban J connectivity index is 2.15. The van der Waals surface area contributed by atoms with E-state index in [0.717, 1.165) is 29.4 Å². The number of nitrogens with zero attached hydrogens (tertiary/aromatic N) is 3. The van der Waals surface area contributed by atoms with Crippen molar-refractivity contribution in [2.75, 3.05) is 23.3 Å². The van der Waals surface area contributed by atoms with E-state index in [4.69, 9.17) is 4.74 Å². The molecule has 1 unspecified atom stereocenters. The van der Waals surface area contributed by atoms with Crippen LogP contribution in [0.1, 0.15) is 39.4 Å². The first-order valence-corrected chi connectivity index (χ1v) is 8.13. The summed E-state index contributed by atoms with van der Waals surface area (Å²) in [6, 6.07) is 0. The van der Waals surface area contributed by atoms with Crippen LogP contribution in [0.2, 0.25) is 0 Å². The van der Waals surface area contributed by atoms with E-state index < -0.39 is 0 Å². The number of aromatic nitrogens is 2. The van der Waals surface area contributed by atoms with Crippen molar-refractivity contribution in [3.8, 4) is 0 Å². The van der Waals surface area contributed by atoms with Crippen LogP contribution >= 0.6 is 27.5 Å². The Hall–Kier alpha value is -0.200. The Morgan fingerprint density at radius 3 is 2.83 bits per heavy atom. The van der Waals surface area contributed by atoms with Crippen LogP contribution in [0, 0.1) is 0 Å². The number of hydrogen-bond donors (Lipinski definition) is 0. The molecule has 0 radical (unpaired) electrons. The van der Waals surface area contributed by atoms with Gasteiger partial charge >= 0.3 is 0 Å². The van der Waals surface area contributed by atoms with Crippen LogP contribution in [-0.2, 0) is 4.74 Å². The van der Waals surface area contributed by atoms with Gasteiger partial charge in [0.2, 0.25) is 5.13 Å². The average Bonchev–Trinajstić information content (AvgIpc) is 2.76. The molecular formula is C12H20BrN3OS. The van der Waals surface area contributed by atoms with Gasteiger partial charge in [-0.2, -0.15) is 4.37 Å². The Bertz CT molecular complexity index is 408. The minimum Gasteiger partial charge on any atom is -0.368 e. The summed E-state index contributed by atoms with van der Waals surface area (Å²) in [6.07, 6.45) is 0.208. The van der Waals surface area contributed by atoms with Crippen LogP contribution in [-0.4, -0.2) is 39.5 Å². The fourth-order valence-electron chi connectivity index (χ4n) is 2.11. The second kappa shape index (κ2) is 5.43. The molecule has 1 aliphatic rings. The van der Waals surface area contributed by atoms with Gasteiger partial charge in [-0.15, -0.1) is 0 Å². The summed E-state index contributed by atoms with van der Waals surface area (Å²) < 4.78 is 10.4. The highest BCUT2D eigenvalue weighted by molar-refractivity contribution is 9.09. The van der Waals surface area contributed by atoms with Crippen molar-refractivity contribution in [3.05, 3.63) is 5.82 Å². The smallest absolute Gasteiger partial charge is 0.205 e. The summed E-state index contributed by atoms with van der Waals surface area (Å²) >= 11 is 5.00. The highest BCUT2D eigenvalue weighted by atomic mass is 79.9. The van der Waals surface area contributed by atoms with E-state index in [0.29, 0.717) is 5.92 Å². The minimum absolute atomic E-state index is 0.139. The minimum atomic E-state index is -0.139. The quantitative estimate of drug-likeness (QED) is 0.797. The van der Waals surface area contributed by atoms with E-state index in [9.17, 15) is 0 Å². The van der Waals surface area contributed by atoms with Crippen molar-refractivity contribution in [3.63, 3.8) is 0 Å². The number of hydrogen-bond acceptors (Lipinski definition) is 5. The second-order valence-corrected chi connectivity index (χ2v) is 7.00. The SMILES string of the molecule is CC(C)c1nsc(N2CC(CBr)OC(C)(C)C2)n1. The molecule has 0 spiro atoms. The first-order chi connectivity index (χ1) is 8.41. The maximum atomic E-state index is 6.00. The van der Waals surface area contributed by atoms with Crippen LogP contribution < -0.4 is 4.90 Å². The molecule has 4 nitrogen and oxygen atoms in total. The summed E-state index contributed by atoms with van der Waals surface area (Å²) in [5.41, 5.74) is -0.139. The first-order valence-electron chi connectivity index (χ1n) is 6.23. The molecule has 6 heteroatoms. The van der Waals surface area contributed by atoms with E-state index in [1.165, 1.54) is 11.5 Å². The summed E-state index contributed by atoms with van der Waals surface area (Å²) in [5, 5.41) is 1.86. The lowest BCUT2D eigenvalue weighted by atomic mass is 10.1.